The van der Waals surface area contributed by atoms with Crippen LogP contribution in [0, 0.1) is 16.7 Å². The first-order valence-corrected chi connectivity index (χ1v) is 5.61. The van der Waals surface area contributed by atoms with E-state index in [1.54, 1.807) is 7.05 Å². The van der Waals surface area contributed by atoms with E-state index in [1.165, 1.54) is 7.11 Å². The standard InChI is InChI=1S/C12H21NO3/c1-11(2)8(9(14)16-5)6-7-12(11,3)10(15)13-4/h8H,6-7H2,1-5H3,(H,13,15). The van der Waals surface area contributed by atoms with E-state index in [0.717, 1.165) is 6.42 Å². The van der Waals surface area contributed by atoms with Gasteiger partial charge in [-0.2, -0.15) is 0 Å². The molecule has 4 heteroatoms. The Bertz CT molecular complexity index is 311. The number of esters is 1. The number of hydrogen-bond acceptors (Lipinski definition) is 3. The van der Waals surface area contributed by atoms with Crippen molar-refractivity contribution >= 4 is 11.9 Å². The highest BCUT2D eigenvalue weighted by Gasteiger charge is 2.58. The van der Waals surface area contributed by atoms with Gasteiger partial charge in [-0.05, 0) is 18.3 Å². The predicted octanol–water partition coefficient (Wildman–Crippen LogP) is 1.35. The van der Waals surface area contributed by atoms with Crippen LogP contribution < -0.4 is 5.32 Å². The van der Waals surface area contributed by atoms with E-state index < -0.39 is 5.41 Å². The van der Waals surface area contributed by atoms with Gasteiger partial charge in [0.1, 0.15) is 0 Å². The molecule has 0 spiro atoms. The SMILES string of the molecule is CNC(=O)C1(C)CCC(C(=O)OC)C1(C)C. The average molecular weight is 227 g/mol. The zero-order valence-corrected chi connectivity index (χ0v) is 10.7. The Hall–Kier alpha value is -1.06. The van der Waals surface area contributed by atoms with Crippen LogP contribution in [0.25, 0.3) is 0 Å². The monoisotopic (exact) mass is 227 g/mol. The van der Waals surface area contributed by atoms with Gasteiger partial charge in [-0.25, -0.2) is 0 Å². The lowest BCUT2D eigenvalue weighted by Crippen LogP contribution is -2.47. The highest BCUT2D eigenvalue weighted by molar-refractivity contribution is 5.85. The van der Waals surface area contributed by atoms with Crippen molar-refractivity contribution in [2.75, 3.05) is 14.2 Å². The molecule has 1 amide bonds. The summed E-state index contributed by atoms with van der Waals surface area (Å²) in [6.45, 7) is 5.86. The van der Waals surface area contributed by atoms with Crippen LogP contribution in [0.4, 0.5) is 0 Å². The zero-order chi connectivity index (χ0) is 12.6. The second kappa shape index (κ2) is 4.07. The Labute approximate surface area is 96.7 Å². The number of ether oxygens (including phenoxy) is 1. The van der Waals surface area contributed by atoms with Gasteiger partial charge in [-0.3, -0.25) is 9.59 Å². The second-order valence-electron chi connectivity index (χ2n) is 5.25. The minimum absolute atomic E-state index is 0.00361. The van der Waals surface area contributed by atoms with Gasteiger partial charge in [0.15, 0.2) is 0 Å². The second-order valence-corrected chi connectivity index (χ2v) is 5.25. The summed E-state index contributed by atoms with van der Waals surface area (Å²) < 4.78 is 4.81. The van der Waals surface area contributed by atoms with Crippen molar-refractivity contribution in [2.24, 2.45) is 16.7 Å². The lowest BCUT2D eigenvalue weighted by molar-refractivity contribution is -0.151. The summed E-state index contributed by atoms with van der Waals surface area (Å²) in [6.07, 6.45) is 1.43. The molecule has 0 radical (unpaired) electrons. The molecule has 2 atom stereocenters. The number of amides is 1. The average Bonchev–Trinajstić information content (AvgIpc) is 2.49. The van der Waals surface area contributed by atoms with E-state index >= 15 is 0 Å². The molecule has 1 N–H and O–H groups in total. The van der Waals surface area contributed by atoms with E-state index in [2.05, 4.69) is 5.32 Å². The Kier molecular flexibility index (Phi) is 3.31. The molecule has 0 saturated heterocycles. The zero-order valence-electron chi connectivity index (χ0n) is 10.7. The van der Waals surface area contributed by atoms with Crippen LogP contribution in [0.2, 0.25) is 0 Å². The van der Waals surface area contributed by atoms with Gasteiger partial charge >= 0.3 is 5.97 Å². The first kappa shape index (κ1) is 13.0. The van der Waals surface area contributed by atoms with Gasteiger partial charge in [-0.15, -0.1) is 0 Å². The molecule has 1 saturated carbocycles. The molecule has 1 aliphatic carbocycles. The summed E-state index contributed by atoms with van der Waals surface area (Å²) in [5, 5.41) is 2.69. The maximum Gasteiger partial charge on any atom is 0.309 e. The predicted molar refractivity (Wildman–Crippen MR) is 60.7 cm³/mol. The molecule has 1 rings (SSSR count). The molecule has 2 unspecified atom stereocenters. The van der Waals surface area contributed by atoms with E-state index in [4.69, 9.17) is 4.74 Å². The maximum absolute atomic E-state index is 11.9. The van der Waals surface area contributed by atoms with Crippen molar-refractivity contribution in [1.29, 1.82) is 0 Å². The third-order valence-corrected chi connectivity index (χ3v) is 4.44. The van der Waals surface area contributed by atoms with Crippen LogP contribution in [0.3, 0.4) is 0 Å². The Balaban J connectivity index is 3.03. The fraction of sp³-hybridized carbons (Fsp3) is 0.833. The van der Waals surface area contributed by atoms with Crippen molar-refractivity contribution in [3.8, 4) is 0 Å². The highest BCUT2D eigenvalue weighted by Crippen LogP contribution is 2.56. The van der Waals surface area contributed by atoms with Gasteiger partial charge in [0, 0.05) is 7.05 Å². The molecule has 0 aromatic carbocycles. The third kappa shape index (κ3) is 1.60. The van der Waals surface area contributed by atoms with E-state index in [0.29, 0.717) is 6.42 Å². The summed E-state index contributed by atoms with van der Waals surface area (Å²) >= 11 is 0. The first-order chi connectivity index (χ1) is 7.31. The minimum atomic E-state index is -0.499. The minimum Gasteiger partial charge on any atom is -0.469 e. The number of carbonyl (C=O) groups excluding carboxylic acids is 2. The van der Waals surface area contributed by atoms with Gasteiger partial charge in [-0.1, -0.05) is 20.8 Å². The smallest absolute Gasteiger partial charge is 0.309 e. The van der Waals surface area contributed by atoms with Crippen LogP contribution >= 0.6 is 0 Å². The number of hydrogen-bond donors (Lipinski definition) is 1. The van der Waals surface area contributed by atoms with Crippen LogP contribution in [0.15, 0.2) is 0 Å². The van der Waals surface area contributed by atoms with Crippen molar-refractivity contribution in [2.45, 2.75) is 33.6 Å². The number of carbonyl (C=O) groups is 2. The largest absolute Gasteiger partial charge is 0.469 e. The molecule has 0 aromatic heterocycles. The number of nitrogens with one attached hydrogen (secondary N) is 1. The molecule has 0 bridgehead atoms. The Morgan fingerprint density at radius 2 is 1.88 bits per heavy atom. The molecule has 1 aliphatic rings. The van der Waals surface area contributed by atoms with E-state index in [9.17, 15) is 9.59 Å². The molecule has 0 aliphatic heterocycles. The molecule has 0 aromatic rings. The third-order valence-electron chi connectivity index (χ3n) is 4.44. The first-order valence-electron chi connectivity index (χ1n) is 5.61. The fourth-order valence-electron chi connectivity index (χ4n) is 2.74. The Morgan fingerprint density at radius 1 is 1.31 bits per heavy atom. The van der Waals surface area contributed by atoms with Gasteiger partial charge in [0.25, 0.3) is 0 Å². The van der Waals surface area contributed by atoms with Gasteiger partial charge < -0.3 is 10.1 Å². The van der Waals surface area contributed by atoms with Crippen molar-refractivity contribution in [1.82, 2.24) is 5.32 Å². The summed E-state index contributed by atoms with van der Waals surface area (Å²) in [4.78, 5) is 23.6. The summed E-state index contributed by atoms with van der Waals surface area (Å²) in [6, 6.07) is 0. The number of rotatable bonds is 2. The lowest BCUT2D eigenvalue weighted by atomic mass is 9.65. The van der Waals surface area contributed by atoms with E-state index in [1.807, 2.05) is 20.8 Å². The molecule has 0 heterocycles. The van der Waals surface area contributed by atoms with Crippen molar-refractivity contribution in [3.63, 3.8) is 0 Å². The maximum atomic E-state index is 11.9. The quantitative estimate of drug-likeness (QED) is 0.724. The Morgan fingerprint density at radius 3 is 2.31 bits per heavy atom. The normalized spacial score (nSPS) is 32.2. The molecule has 4 nitrogen and oxygen atoms in total. The fourth-order valence-corrected chi connectivity index (χ4v) is 2.74. The molecule has 1 fully saturated rings. The molecular formula is C12H21NO3. The topological polar surface area (TPSA) is 55.4 Å². The van der Waals surface area contributed by atoms with E-state index in [-0.39, 0.29) is 23.2 Å². The van der Waals surface area contributed by atoms with Crippen LogP contribution in [-0.2, 0) is 14.3 Å². The van der Waals surface area contributed by atoms with Gasteiger partial charge in [0.2, 0.25) is 5.91 Å². The molecule has 16 heavy (non-hydrogen) atoms. The van der Waals surface area contributed by atoms with Crippen molar-refractivity contribution in [3.05, 3.63) is 0 Å². The number of methoxy groups -OCH3 is 1. The summed E-state index contributed by atoms with van der Waals surface area (Å²) in [5.41, 5.74) is -0.874. The molecule has 92 valence electrons. The molecular weight excluding hydrogens is 206 g/mol. The van der Waals surface area contributed by atoms with Crippen LogP contribution in [0.5, 0.6) is 0 Å². The summed E-state index contributed by atoms with van der Waals surface area (Å²) in [5.74, 6) is -0.402. The van der Waals surface area contributed by atoms with Crippen LogP contribution in [-0.4, -0.2) is 26.0 Å². The summed E-state index contributed by atoms with van der Waals surface area (Å²) in [7, 11) is 3.03. The van der Waals surface area contributed by atoms with Crippen LogP contribution in [0.1, 0.15) is 33.6 Å². The lowest BCUT2D eigenvalue weighted by Gasteiger charge is -2.39. The van der Waals surface area contributed by atoms with Gasteiger partial charge in [0.05, 0.1) is 18.4 Å². The van der Waals surface area contributed by atoms with Crippen molar-refractivity contribution < 1.29 is 14.3 Å². The highest BCUT2D eigenvalue weighted by atomic mass is 16.5.